The molecule has 3 heterocycles. The van der Waals surface area contributed by atoms with Crippen LogP contribution in [-0.4, -0.2) is 43.6 Å². The molecule has 1 fully saturated rings. The van der Waals surface area contributed by atoms with Crippen molar-refractivity contribution in [3.8, 4) is 40.0 Å². The van der Waals surface area contributed by atoms with Crippen molar-refractivity contribution in [1.82, 2.24) is 24.4 Å². The third kappa shape index (κ3) is 5.49. The number of rotatable bonds is 7. The maximum absolute atomic E-state index is 9.04. The van der Waals surface area contributed by atoms with Gasteiger partial charge in [0, 0.05) is 55.6 Å². The van der Waals surface area contributed by atoms with E-state index in [1.807, 2.05) is 24.3 Å². The molecule has 0 unspecified atom stereocenters. The van der Waals surface area contributed by atoms with E-state index in [-0.39, 0.29) is 5.82 Å². The van der Waals surface area contributed by atoms with E-state index in [9.17, 15) is 0 Å². The Morgan fingerprint density at radius 1 is 0.825 bits per heavy atom. The monoisotopic (exact) mass is 525 g/mol. The summed E-state index contributed by atoms with van der Waals surface area (Å²) in [7, 11) is 2.10. The van der Waals surface area contributed by atoms with Gasteiger partial charge in [-0.1, -0.05) is 84.9 Å². The summed E-state index contributed by atoms with van der Waals surface area (Å²) in [5.41, 5.74) is 6.79. The van der Waals surface area contributed by atoms with Crippen LogP contribution in [0.2, 0.25) is 0 Å². The fourth-order valence-electron chi connectivity index (χ4n) is 5.44. The van der Waals surface area contributed by atoms with Gasteiger partial charge in [0.25, 0.3) is 0 Å². The minimum atomic E-state index is 0.198. The van der Waals surface area contributed by atoms with E-state index in [2.05, 4.69) is 105 Å². The fourth-order valence-corrected chi connectivity index (χ4v) is 5.44. The molecule has 40 heavy (non-hydrogen) atoms. The lowest BCUT2D eigenvalue weighted by molar-refractivity contribution is 0.211. The molecule has 1 aliphatic heterocycles. The van der Waals surface area contributed by atoms with E-state index < -0.39 is 0 Å². The van der Waals surface area contributed by atoms with E-state index in [1.165, 1.54) is 5.56 Å². The number of likely N-dealkylation sites (tertiary alicyclic amines) is 1. The number of nitriles is 1. The summed E-state index contributed by atoms with van der Waals surface area (Å²) < 4.78 is 2.21. The van der Waals surface area contributed by atoms with E-state index in [0.29, 0.717) is 6.04 Å². The first kappa shape index (κ1) is 25.5. The van der Waals surface area contributed by atoms with Crippen molar-refractivity contribution < 1.29 is 0 Å². The zero-order valence-electron chi connectivity index (χ0n) is 22.5. The maximum Gasteiger partial charge on any atom is 0.234 e. The van der Waals surface area contributed by atoms with Gasteiger partial charge in [0.1, 0.15) is 17.7 Å². The van der Waals surface area contributed by atoms with Crippen LogP contribution in [0.4, 0.5) is 5.82 Å². The molecule has 1 aliphatic rings. The molecule has 0 atom stereocenters. The number of anilines is 1. The molecular formula is C33H31N7. The SMILES string of the molecule is Cn1c(-c2ccccc2)nc(-c2ccccc2)c1-c1ccc(CN2CCC(Nc3ccnc(C#N)n3)CC2)cc1. The van der Waals surface area contributed by atoms with Crippen LogP contribution in [0.25, 0.3) is 33.9 Å². The molecule has 2 aromatic heterocycles. The standard InChI is InChI=1S/C33H31N7/c1-39-32(31(25-8-4-2-5-9-25)38-33(39)27-10-6-3-7-11-27)26-14-12-24(13-15-26)23-40-20-17-28(18-21-40)36-29-16-19-35-30(22-34)37-29/h2-16,19,28H,17-18,20-21,23H2,1H3,(H,35,36,37). The molecule has 0 bridgehead atoms. The first-order valence-electron chi connectivity index (χ1n) is 13.7. The molecule has 6 rings (SSSR count). The molecule has 0 aliphatic carbocycles. The third-order valence-electron chi connectivity index (χ3n) is 7.50. The van der Waals surface area contributed by atoms with Crippen LogP contribution in [0, 0.1) is 11.3 Å². The molecule has 7 nitrogen and oxygen atoms in total. The van der Waals surface area contributed by atoms with Crippen LogP contribution in [0.15, 0.2) is 97.2 Å². The lowest BCUT2D eigenvalue weighted by Crippen LogP contribution is -2.38. The van der Waals surface area contributed by atoms with Gasteiger partial charge < -0.3 is 9.88 Å². The van der Waals surface area contributed by atoms with Crippen LogP contribution in [0.1, 0.15) is 24.2 Å². The number of nitrogens with zero attached hydrogens (tertiary/aromatic N) is 6. The Morgan fingerprint density at radius 2 is 1.50 bits per heavy atom. The normalized spacial score (nSPS) is 14.1. The Balaban J connectivity index is 1.17. The van der Waals surface area contributed by atoms with Gasteiger partial charge in [-0.25, -0.2) is 15.0 Å². The summed E-state index contributed by atoms with van der Waals surface area (Å²) in [6.45, 7) is 2.94. The second-order valence-electron chi connectivity index (χ2n) is 10.2. The number of hydrogen-bond acceptors (Lipinski definition) is 6. The molecular weight excluding hydrogens is 494 g/mol. The van der Waals surface area contributed by atoms with Gasteiger partial charge in [-0.05, 0) is 24.5 Å². The zero-order chi connectivity index (χ0) is 27.3. The highest BCUT2D eigenvalue weighted by Crippen LogP contribution is 2.35. The Morgan fingerprint density at radius 3 is 2.17 bits per heavy atom. The van der Waals surface area contributed by atoms with Crippen molar-refractivity contribution in [2.24, 2.45) is 7.05 Å². The van der Waals surface area contributed by atoms with E-state index >= 15 is 0 Å². The van der Waals surface area contributed by atoms with Crippen molar-refractivity contribution in [2.75, 3.05) is 18.4 Å². The molecule has 0 spiro atoms. The van der Waals surface area contributed by atoms with Crippen LogP contribution in [0.5, 0.6) is 0 Å². The predicted octanol–water partition coefficient (Wildman–Crippen LogP) is 6.16. The molecule has 7 heteroatoms. The Labute approximate surface area is 234 Å². The summed E-state index contributed by atoms with van der Waals surface area (Å²) in [5.74, 6) is 1.88. The Bertz CT molecular complexity index is 1610. The lowest BCUT2D eigenvalue weighted by Gasteiger charge is -2.32. The van der Waals surface area contributed by atoms with Gasteiger partial charge >= 0.3 is 0 Å². The lowest BCUT2D eigenvalue weighted by atomic mass is 10.0. The summed E-state index contributed by atoms with van der Waals surface area (Å²) in [6, 6.07) is 33.9. The predicted molar refractivity (Wildman–Crippen MR) is 158 cm³/mol. The molecule has 1 saturated heterocycles. The largest absolute Gasteiger partial charge is 0.367 e. The minimum absolute atomic E-state index is 0.198. The highest BCUT2D eigenvalue weighted by molar-refractivity contribution is 5.82. The number of benzene rings is 3. The second-order valence-corrected chi connectivity index (χ2v) is 10.2. The molecule has 1 N–H and O–H groups in total. The molecule has 0 amide bonds. The van der Waals surface area contributed by atoms with Crippen LogP contribution in [0.3, 0.4) is 0 Å². The number of imidazole rings is 1. The van der Waals surface area contributed by atoms with Gasteiger partial charge in [0.05, 0.1) is 11.4 Å². The maximum atomic E-state index is 9.04. The van der Waals surface area contributed by atoms with E-state index in [0.717, 1.165) is 72.2 Å². The highest BCUT2D eigenvalue weighted by atomic mass is 15.1. The van der Waals surface area contributed by atoms with Gasteiger partial charge in [0.2, 0.25) is 5.82 Å². The first-order chi connectivity index (χ1) is 19.7. The number of nitrogens with one attached hydrogen (secondary N) is 1. The second kappa shape index (κ2) is 11.5. The fraction of sp³-hybridized carbons (Fsp3) is 0.212. The average Bonchev–Trinajstić information content (AvgIpc) is 3.36. The minimum Gasteiger partial charge on any atom is -0.367 e. The van der Waals surface area contributed by atoms with Crippen molar-refractivity contribution in [1.29, 1.82) is 5.26 Å². The summed E-state index contributed by atoms with van der Waals surface area (Å²) in [4.78, 5) is 15.8. The summed E-state index contributed by atoms with van der Waals surface area (Å²) >= 11 is 0. The van der Waals surface area contributed by atoms with Crippen LogP contribution >= 0.6 is 0 Å². The third-order valence-corrected chi connectivity index (χ3v) is 7.50. The summed E-state index contributed by atoms with van der Waals surface area (Å²) in [5, 5.41) is 12.5. The van der Waals surface area contributed by atoms with E-state index in [4.69, 9.17) is 10.2 Å². The number of piperidine rings is 1. The van der Waals surface area contributed by atoms with E-state index in [1.54, 1.807) is 6.20 Å². The molecule has 5 aromatic rings. The quantitative estimate of drug-likeness (QED) is 0.274. The summed E-state index contributed by atoms with van der Waals surface area (Å²) in [6.07, 6.45) is 3.69. The number of aromatic nitrogens is 4. The van der Waals surface area contributed by atoms with Crippen molar-refractivity contribution in [3.05, 3.63) is 109 Å². The van der Waals surface area contributed by atoms with Gasteiger partial charge in [-0.15, -0.1) is 0 Å². The Kier molecular flexibility index (Phi) is 7.34. The average molecular weight is 526 g/mol. The van der Waals surface area contributed by atoms with Gasteiger partial charge in [0.15, 0.2) is 0 Å². The molecule has 0 saturated carbocycles. The van der Waals surface area contributed by atoms with Crippen LogP contribution < -0.4 is 5.32 Å². The number of hydrogen-bond donors (Lipinski definition) is 1. The van der Waals surface area contributed by atoms with Crippen molar-refractivity contribution >= 4 is 5.82 Å². The highest BCUT2D eigenvalue weighted by Gasteiger charge is 2.21. The van der Waals surface area contributed by atoms with Crippen molar-refractivity contribution in [2.45, 2.75) is 25.4 Å². The Hall–Kier alpha value is -4.80. The van der Waals surface area contributed by atoms with Crippen LogP contribution in [-0.2, 0) is 13.6 Å². The molecule has 0 radical (unpaired) electrons. The van der Waals surface area contributed by atoms with Gasteiger partial charge in [-0.2, -0.15) is 5.26 Å². The topological polar surface area (TPSA) is 82.7 Å². The zero-order valence-corrected chi connectivity index (χ0v) is 22.5. The smallest absolute Gasteiger partial charge is 0.234 e. The first-order valence-corrected chi connectivity index (χ1v) is 13.7. The van der Waals surface area contributed by atoms with Gasteiger partial charge in [-0.3, -0.25) is 4.90 Å². The van der Waals surface area contributed by atoms with Crippen molar-refractivity contribution in [3.63, 3.8) is 0 Å². The molecule has 198 valence electrons. The molecule has 3 aromatic carbocycles.